The van der Waals surface area contributed by atoms with Crippen molar-refractivity contribution in [2.45, 2.75) is 13.8 Å². The Kier molecular flexibility index (Phi) is 13.8. The summed E-state index contributed by atoms with van der Waals surface area (Å²) in [6, 6.07) is 0. The lowest BCUT2D eigenvalue weighted by molar-refractivity contribution is -0.0997. The minimum absolute atomic E-state index is 0.169. The van der Waals surface area contributed by atoms with Crippen molar-refractivity contribution in [2.75, 3.05) is 40.4 Å². The molecule has 0 aliphatic carbocycles. The molecule has 29 heavy (non-hydrogen) atoms. The van der Waals surface area contributed by atoms with Crippen LogP contribution >= 0.6 is 23.5 Å². The molecular formula is C12H25O14P3. The Bertz CT molecular complexity index is 612. The van der Waals surface area contributed by atoms with Gasteiger partial charge in [0.15, 0.2) is 13.6 Å². The molecule has 0 spiro atoms. The standard InChI is InChI=1S/C12H25O14P3/c1-11(2)5-19-7-21-9-23-27(13,14)25-29(17,18)26-28(15,16)24-10-22-8-20-6-12(3)4/h1,3,5-10H2,2,4H3,(H,13,14)(H,15,16)(H,17,18). The predicted octanol–water partition coefficient (Wildman–Crippen LogP) is 2.40. The van der Waals surface area contributed by atoms with E-state index in [9.17, 15) is 28.4 Å². The maximum atomic E-state index is 11.6. The molecule has 172 valence electrons. The van der Waals surface area contributed by atoms with Gasteiger partial charge >= 0.3 is 23.5 Å². The molecule has 0 aromatic heterocycles. The minimum Gasteiger partial charge on any atom is -0.351 e. The second-order valence-corrected chi connectivity index (χ2v) is 9.95. The van der Waals surface area contributed by atoms with Gasteiger partial charge in [-0.3, -0.25) is 9.05 Å². The van der Waals surface area contributed by atoms with E-state index in [0.717, 1.165) is 0 Å². The van der Waals surface area contributed by atoms with E-state index in [2.05, 4.69) is 40.3 Å². The third-order valence-electron chi connectivity index (χ3n) is 2.04. The molecule has 0 aliphatic rings. The van der Waals surface area contributed by atoms with Gasteiger partial charge in [-0.1, -0.05) is 24.3 Å². The summed E-state index contributed by atoms with van der Waals surface area (Å²) in [7, 11) is -16.0. The van der Waals surface area contributed by atoms with E-state index in [1.807, 2.05) is 0 Å². The summed E-state index contributed by atoms with van der Waals surface area (Å²) in [5, 5.41) is 0. The van der Waals surface area contributed by atoms with E-state index < -0.39 is 37.1 Å². The molecule has 0 fully saturated rings. The molecule has 17 heteroatoms. The van der Waals surface area contributed by atoms with Gasteiger partial charge in [0.05, 0.1) is 13.2 Å². The Hall–Kier alpha value is -0.270. The molecule has 0 rings (SSSR count). The summed E-state index contributed by atoms with van der Waals surface area (Å²) in [5.74, 6) is 0. The SMILES string of the molecule is C=C(C)COCOCOP(=O)(O)OP(=O)(O)OP(=O)(O)OCOCOCC(=C)C. The van der Waals surface area contributed by atoms with Crippen LogP contribution in [-0.4, -0.2) is 55.1 Å². The molecule has 0 aromatic carbocycles. The van der Waals surface area contributed by atoms with Crippen LogP contribution in [0, 0.1) is 0 Å². The van der Waals surface area contributed by atoms with E-state index >= 15 is 0 Å². The van der Waals surface area contributed by atoms with Crippen molar-refractivity contribution < 1.29 is 65.0 Å². The van der Waals surface area contributed by atoms with Gasteiger partial charge in [0.25, 0.3) is 0 Å². The largest absolute Gasteiger partial charge is 0.490 e. The number of hydrogen-bond acceptors (Lipinski definition) is 11. The van der Waals surface area contributed by atoms with Gasteiger partial charge in [-0.2, -0.15) is 8.62 Å². The van der Waals surface area contributed by atoms with Gasteiger partial charge in [0, 0.05) is 0 Å². The van der Waals surface area contributed by atoms with Gasteiger partial charge < -0.3 is 33.6 Å². The lowest BCUT2D eigenvalue weighted by Crippen LogP contribution is -2.07. The highest BCUT2D eigenvalue weighted by Crippen LogP contribution is 2.67. The van der Waals surface area contributed by atoms with Crippen LogP contribution in [0.15, 0.2) is 24.3 Å². The first-order valence-electron chi connectivity index (χ1n) is 7.54. The van der Waals surface area contributed by atoms with Gasteiger partial charge in [0.1, 0.15) is 13.6 Å². The monoisotopic (exact) mass is 486 g/mol. The summed E-state index contributed by atoms with van der Waals surface area (Å²) in [6.07, 6.45) is 0. The van der Waals surface area contributed by atoms with Crippen molar-refractivity contribution in [3.8, 4) is 0 Å². The van der Waals surface area contributed by atoms with Crippen LogP contribution in [0.3, 0.4) is 0 Å². The molecule has 0 saturated heterocycles. The van der Waals surface area contributed by atoms with Crippen molar-refractivity contribution in [2.24, 2.45) is 0 Å². The Balaban J connectivity index is 4.26. The smallest absolute Gasteiger partial charge is 0.351 e. The summed E-state index contributed by atoms with van der Waals surface area (Å²) in [5.41, 5.74) is 1.40. The molecule has 0 heterocycles. The average Bonchev–Trinajstić information content (AvgIpc) is 2.51. The fourth-order valence-electron chi connectivity index (χ4n) is 1.15. The third kappa shape index (κ3) is 18.2. The number of hydrogen-bond donors (Lipinski definition) is 3. The fraction of sp³-hybridized carbons (Fsp3) is 0.667. The van der Waals surface area contributed by atoms with E-state index in [-0.39, 0.29) is 26.8 Å². The molecule has 0 amide bonds. The summed E-state index contributed by atoms with van der Waals surface area (Å²) in [6.45, 7) is 8.44. The second-order valence-electron chi connectivity index (χ2n) is 5.32. The minimum atomic E-state index is -5.56. The van der Waals surface area contributed by atoms with Crippen LogP contribution in [0.1, 0.15) is 13.8 Å². The van der Waals surface area contributed by atoms with E-state index in [1.54, 1.807) is 13.8 Å². The molecule has 3 N–H and O–H groups in total. The summed E-state index contributed by atoms with van der Waals surface area (Å²) < 4.78 is 69.9. The van der Waals surface area contributed by atoms with Crippen molar-refractivity contribution in [1.82, 2.24) is 0 Å². The van der Waals surface area contributed by atoms with Crippen LogP contribution in [0.5, 0.6) is 0 Å². The Morgan fingerprint density at radius 3 is 1.31 bits per heavy atom. The number of rotatable bonds is 18. The number of phosphoric ester groups is 2. The highest BCUT2D eigenvalue weighted by Gasteiger charge is 2.42. The zero-order chi connectivity index (χ0) is 22.6. The van der Waals surface area contributed by atoms with Crippen LogP contribution in [0.4, 0.5) is 0 Å². The normalized spacial score (nSPS) is 17.8. The molecule has 0 bridgehead atoms. The fourth-order valence-corrected chi connectivity index (χ4v) is 4.41. The molecule has 2 atom stereocenters. The first kappa shape index (κ1) is 28.7. The summed E-state index contributed by atoms with van der Waals surface area (Å²) in [4.78, 5) is 28.0. The molecule has 0 aromatic rings. The Morgan fingerprint density at radius 1 is 0.655 bits per heavy atom. The molecule has 2 unspecified atom stereocenters. The van der Waals surface area contributed by atoms with Crippen LogP contribution < -0.4 is 0 Å². The number of phosphoric acid groups is 3. The predicted molar refractivity (Wildman–Crippen MR) is 97.0 cm³/mol. The molecule has 14 nitrogen and oxygen atoms in total. The van der Waals surface area contributed by atoms with Gasteiger partial charge in [-0.15, -0.1) is 0 Å². The first-order chi connectivity index (χ1) is 13.2. The lowest BCUT2D eigenvalue weighted by Gasteiger charge is -2.18. The van der Waals surface area contributed by atoms with E-state index in [0.29, 0.717) is 11.1 Å². The van der Waals surface area contributed by atoms with Crippen LogP contribution in [0.2, 0.25) is 0 Å². The van der Waals surface area contributed by atoms with Crippen LogP contribution in [-0.2, 0) is 50.3 Å². The first-order valence-corrected chi connectivity index (χ1v) is 12.0. The van der Waals surface area contributed by atoms with Gasteiger partial charge in [-0.05, 0) is 13.8 Å². The van der Waals surface area contributed by atoms with Gasteiger partial charge in [0.2, 0.25) is 0 Å². The van der Waals surface area contributed by atoms with Crippen molar-refractivity contribution in [3.05, 3.63) is 24.3 Å². The van der Waals surface area contributed by atoms with Crippen molar-refractivity contribution in [1.29, 1.82) is 0 Å². The lowest BCUT2D eigenvalue weighted by atomic mass is 10.4. The third-order valence-corrected chi connectivity index (χ3v) is 6.21. The molecule has 0 saturated carbocycles. The maximum absolute atomic E-state index is 11.6. The van der Waals surface area contributed by atoms with E-state index in [1.165, 1.54) is 0 Å². The molecule has 0 aliphatic heterocycles. The average molecular weight is 486 g/mol. The van der Waals surface area contributed by atoms with Crippen LogP contribution in [0.25, 0.3) is 0 Å². The van der Waals surface area contributed by atoms with Crippen molar-refractivity contribution in [3.63, 3.8) is 0 Å². The maximum Gasteiger partial charge on any atom is 0.490 e. The topological polar surface area (TPSA) is 186 Å². The second kappa shape index (κ2) is 13.9. The highest BCUT2D eigenvalue weighted by atomic mass is 31.3. The summed E-state index contributed by atoms with van der Waals surface area (Å²) >= 11 is 0. The number of ether oxygens (including phenoxy) is 4. The zero-order valence-corrected chi connectivity index (χ0v) is 18.5. The molecular weight excluding hydrogens is 461 g/mol. The molecule has 0 radical (unpaired) electrons. The van der Waals surface area contributed by atoms with E-state index in [4.69, 9.17) is 9.47 Å². The quantitative estimate of drug-likeness (QED) is 0.111. The van der Waals surface area contributed by atoms with Crippen molar-refractivity contribution >= 4 is 23.5 Å². The van der Waals surface area contributed by atoms with Gasteiger partial charge in [-0.25, -0.2) is 13.7 Å². The zero-order valence-electron chi connectivity index (χ0n) is 15.8. The highest BCUT2D eigenvalue weighted by molar-refractivity contribution is 7.66. The Morgan fingerprint density at radius 2 is 1.00 bits per heavy atom. The Labute approximate surface area is 167 Å².